The van der Waals surface area contributed by atoms with Crippen LogP contribution in [0.3, 0.4) is 0 Å². The van der Waals surface area contributed by atoms with Gasteiger partial charge in [0.1, 0.15) is 0 Å². The van der Waals surface area contributed by atoms with Crippen molar-refractivity contribution in [3.63, 3.8) is 0 Å². The fraction of sp³-hybridized carbons (Fsp3) is 0.636. The normalized spacial score (nSPS) is 19.6. The van der Waals surface area contributed by atoms with Crippen molar-refractivity contribution in [3.05, 3.63) is 20.8 Å². The molecule has 2 nitrogen and oxygen atoms in total. The Morgan fingerprint density at radius 1 is 1.53 bits per heavy atom. The van der Waals surface area contributed by atoms with Crippen LogP contribution >= 0.6 is 27.3 Å². The Kier molecular flexibility index (Phi) is 4.20. The average Bonchev–Trinajstić information content (AvgIpc) is 2.64. The molecule has 0 saturated carbocycles. The number of likely N-dealkylation sites (tertiary alicyclic amines) is 1. The van der Waals surface area contributed by atoms with Crippen LogP contribution in [0.2, 0.25) is 0 Å². The maximum atomic E-state index is 3.63. The van der Waals surface area contributed by atoms with Crippen molar-refractivity contribution in [2.24, 2.45) is 0 Å². The summed E-state index contributed by atoms with van der Waals surface area (Å²) in [6.07, 6.45) is 2.56. The molecule has 0 aliphatic carbocycles. The zero-order valence-corrected chi connectivity index (χ0v) is 11.4. The summed E-state index contributed by atoms with van der Waals surface area (Å²) < 4.78 is 1.22. The van der Waals surface area contributed by atoms with Gasteiger partial charge >= 0.3 is 0 Å². The third-order valence-electron chi connectivity index (χ3n) is 2.94. The van der Waals surface area contributed by atoms with Gasteiger partial charge in [0.25, 0.3) is 0 Å². The number of thiophene rings is 1. The lowest BCUT2D eigenvalue weighted by molar-refractivity contribution is 0.234. The van der Waals surface area contributed by atoms with Gasteiger partial charge in [0.15, 0.2) is 0 Å². The van der Waals surface area contributed by atoms with Gasteiger partial charge < -0.3 is 10.2 Å². The summed E-state index contributed by atoms with van der Waals surface area (Å²) in [7, 11) is 2.20. The fourth-order valence-electron chi connectivity index (χ4n) is 1.91. The van der Waals surface area contributed by atoms with Crippen LogP contribution in [0.15, 0.2) is 15.2 Å². The minimum absolute atomic E-state index is 0.708. The van der Waals surface area contributed by atoms with Crippen LogP contribution in [0.1, 0.15) is 18.4 Å². The van der Waals surface area contributed by atoms with Crippen molar-refractivity contribution in [1.29, 1.82) is 0 Å². The van der Waals surface area contributed by atoms with E-state index in [1.807, 2.05) is 0 Å². The molecule has 0 bridgehead atoms. The molecule has 0 radical (unpaired) electrons. The zero-order valence-electron chi connectivity index (χ0n) is 9.00. The van der Waals surface area contributed by atoms with Gasteiger partial charge in [-0.3, -0.25) is 0 Å². The maximum Gasteiger partial charge on any atom is 0.0701 e. The molecule has 0 amide bonds. The summed E-state index contributed by atoms with van der Waals surface area (Å²) >= 11 is 5.25. The monoisotopic (exact) mass is 288 g/mol. The van der Waals surface area contributed by atoms with E-state index in [1.165, 1.54) is 35.3 Å². The first-order valence-corrected chi connectivity index (χ1v) is 7.06. The highest BCUT2D eigenvalue weighted by Crippen LogP contribution is 2.20. The number of nitrogens with one attached hydrogen (secondary N) is 1. The van der Waals surface area contributed by atoms with Crippen LogP contribution in [-0.4, -0.2) is 31.1 Å². The van der Waals surface area contributed by atoms with Crippen LogP contribution in [-0.2, 0) is 6.54 Å². The second-order valence-corrected chi connectivity index (χ2v) is 6.51. The minimum atomic E-state index is 0.708. The topological polar surface area (TPSA) is 15.3 Å². The van der Waals surface area contributed by atoms with Gasteiger partial charge in [-0.15, -0.1) is 11.3 Å². The van der Waals surface area contributed by atoms with Crippen LogP contribution in [0.5, 0.6) is 0 Å². The Balaban J connectivity index is 1.74. The lowest BCUT2D eigenvalue weighted by atomic mass is 10.1. The minimum Gasteiger partial charge on any atom is -0.310 e. The molecule has 1 saturated heterocycles. The number of hydrogen-bond acceptors (Lipinski definition) is 3. The number of nitrogens with zero attached hydrogens (tertiary/aromatic N) is 1. The molecule has 2 rings (SSSR count). The molecule has 4 heteroatoms. The first-order valence-electron chi connectivity index (χ1n) is 5.39. The van der Waals surface area contributed by atoms with Gasteiger partial charge in [0.2, 0.25) is 0 Å². The van der Waals surface area contributed by atoms with E-state index < -0.39 is 0 Å². The highest BCUT2D eigenvalue weighted by Gasteiger charge is 2.15. The molecule has 0 aromatic carbocycles. The molecule has 1 aliphatic rings. The highest BCUT2D eigenvalue weighted by atomic mass is 79.9. The lowest BCUT2D eigenvalue weighted by Gasteiger charge is -2.29. The third kappa shape index (κ3) is 3.55. The Morgan fingerprint density at radius 3 is 2.87 bits per heavy atom. The first kappa shape index (κ1) is 11.6. The largest absolute Gasteiger partial charge is 0.310 e. The van der Waals surface area contributed by atoms with E-state index in [-0.39, 0.29) is 0 Å². The summed E-state index contributed by atoms with van der Waals surface area (Å²) in [6.45, 7) is 3.46. The van der Waals surface area contributed by atoms with Crippen molar-refractivity contribution in [2.45, 2.75) is 25.4 Å². The number of halogens is 1. The van der Waals surface area contributed by atoms with E-state index in [0.29, 0.717) is 6.04 Å². The van der Waals surface area contributed by atoms with Crippen LogP contribution in [0.4, 0.5) is 0 Å². The Morgan fingerprint density at radius 2 is 2.27 bits per heavy atom. The maximum absolute atomic E-state index is 3.63. The standard InChI is InChI=1S/C11H17BrN2S/c1-14-4-2-10(3-5-14)13-7-9-6-11(12)15-8-9/h6,8,10,13H,2-5,7H2,1H3. The molecule has 1 fully saturated rings. The van der Waals surface area contributed by atoms with Gasteiger partial charge in [-0.2, -0.15) is 0 Å². The quantitative estimate of drug-likeness (QED) is 0.920. The van der Waals surface area contributed by atoms with Crippen molar-refractivity contribution in [1.82, 2.24) is 10.2 Å². The van der Waals surface area contributed by atoms with E-state index >= 15 is 0 Å². The van der Waals surface area contributed by atoms with Crippen LogP contribution in [0.25, 0.3) is 0 Å². The second kappa shape index (κ2) is 5.43. The van der Waals surface area contributed by atoms with E-state index in [0.717, 1.165) is 6.54 Å². The summed E-state index contributed by atoms with van der Waals surface area (Å²) in [5.74, 6) is 0. The predicted octanol–water partition coefficient (Wildman–Crippen LogP) is 2.69. The molecule has 1 N–H and O–H groups in total. The fourth-order valence-corrected chi connectivity index (χ4v) is 3.12. The van der Waals surface area contributed by atoms with Crippen molar-refractivity contribution >= 4 is 27.3 Å². The average molecular weight is 289 g/mol. The second-order valence-electron chi connectivity index (χ2n) is 4.22. The molecule has 1 aromatic rings. The van der Waals surface area contributed by atoms with Gasteiger partial charge in [-0.25, -0.2) is 0 Å². The molecular weight excluding hydrogens is 272 g/mol. The highest BCUT2D eigenvalue weighted by molar-refractivity contribution is 9.11. The Bertz CT molecular complexity index is 305. The molecule has 84 valence electrons. The molecule has 0 spiro atoms. The molecular formula is C11H17BrN2S. The van der Waals surface area contributed by atoms with E-state index in [1.54, 1.807) is 11.3 Å². The van der Waals surface area contributed by atoms with E-state index in [4.69, 9.17) is 0 Å². The molecule has 0 atom stereocenters. The smallest absolute Gasteiger partial charge is 0.0701 e. The van der Waals surface area contributed by atoms with Crippen LogP contribution in [0, 0.1) is 0 Å². The molecule has 15 heavy (non-hydrogen) atoms. The third-order valence-corrected chi connectivity index (χ3v) is 4.49. The zero-order chi connectivity index (χ0) is 10.7. The summed E-state index contributed by atoms with van der Waals surface area (Å²) in [5, 5.41) is 5.85. The predicted molar refractivity (Wildman–Crippen MR) is 69.4 cm³/mol. The Hall–Kier alpha value is 0.100. The number of piperidine rings is 1. The van der Waals surface area contributed by atoms with E-state index in [2.05, 4.69) is 44.6 Å². The van der Waals surface area contributed by atoms with Crippen molar-refractivity contribution in [3.8, 4) is 0 Å². The van der Waals surface area contributed by atoms with E-state index in [9.17, 15) is 0 Å². The lowest BCUT2D eigenvalue weighted by Crippen LogP contribution is -2.40. The summed E-state index contributed by atoms with van der Waals surface area (Å²) in [6, 6.07) is 2.91. The van der Waals surface area contributed by atoms with Crippen LogP contribution < -0.4 is 5.32 Å². The molecule has 1 aromatic heterocycles. The number of hydrogen-bond donors (Lipinski definition) is 1. The van der Waals surface area contributed by atoms with Gasteiger partial charge in [0.05, 0.1) is 3.79 Å². The molecule has 2 heterocycles. The van der Waals surface area contributed by atoms with Gasteiger partial charge in [0, 0.05) is 12.6 Å². The summed E-state index contributed by atoms with van der Waals surface area (Å²) in [4.78, 5) is 2.40. The van der Waals surface area contributed by atoms with Gasteiger partial charge in [-0.05, 0) is 65.9 Å². The van der Waals surface area contributed by atoms with Gasteiger partial charge in [-0.1, -0.05) is 0 Å². The SMILES string of the molecule is CN1CCC(NCc2csc(Br)c2)CC1. The Labute approximate surface area is 104 Å². The number of rotatable bonds is 3. The van der Waals surface area contributed by atoms with Crippen molar-refractivity contribution < 1.29 is 0 Å². The first-order chi connectivity index (χ1) is 7.24. The summed E-state index contributed by atoms with van der Waals surface area (Å²) in [5.41, 5.74) is 1.39. The molecule has 0 unspecified atom stereocenters. The van der Waals surface area contributed by atoms with Crippen molar-refractivity contribution in [2.75, 3.05) is 20.1 Å². The molecule has 1 aliphatic heterocycles.